The van der Waals surface area contributed by atoms with E-state index in [1.54, 1.807) is 0 Å². The van der Waals surface area contributed by atoms with Gasteiger partial charge in [-0.15, -0.1) is 12.8 Å². The van der Waals surface area contributed by atoms with E-state index in [4.69, 9.17) is 22.8 Å². The first-order valence-corrected chi connectivity index (χ1v) is 34.9. The molecule has 6 aromatic heterocycles. The Morgan fingerprint density at radius 2 is 0.806 bits per heavy atom. The first-order chi connectivity index (χ1) is 45.6. The van der Waals surface area contributed by atoms with E-state index in [1.807, 2.05) is 18.6 Å². The molecule has 3 aromatic carbocycles. The Balaban J connectivity index is 0.000000134. The van der Waals surface area contributed by atoms with E-state index in [1.165, 1.54) is 147 Å². The van der Waals surface area contributed by atoms with Crippen LogP contribution in [0.5, 0.6) is 0 Å². The van der Waals surface area contributed by atoms with Crippen molar-refractivity contribution in [2.24, 2.45) is 0 Å². The molecule has 93 heavy (non-hydrogen) atoms. The van der Waals surface area contributed by atoms with Gasteiger partial charge in [-0.3, -0.25) is 9.80 Å². The number of likely N-dealkylation sites (N-methyl/N-ethyl adjacent to an activating group) is 2. The largest absolute Gasteiger partial charge is 0.369 e. The lowest BCUT2D eigenvalue weighted by atomic mass is 9.95. The predicted molar refractivity (Wildman–Crippen MR) is 376 cm³/mol. The molecule has 3 aliphatic carbocycles. The SMILES string of the molecule is C#Cc1ncc2cc(Cc3ccc(CN(CC)CC)cc3)n(C3CCCCC3)c2n1.C#Cc1ncc2cc(Cc3ccc(N4CCN(C)CC4)cc3)n(C3CCCCC3)c2n1.CN1CCN(Cc2ccc(Cc3cc4cnc(C#N)nc4n3C3CCCCC3)cc2)CC1. The average Bonchev–Trinajstić information content (AvgIpc) is 1.73. The van der Waals surface area contributed by atoms with Gasteiger partial charge in [0.1, 0.15) is 23.0 Å². The Hall–Kier alpha value is -8.23. The number of nitriles is 1. The zero-order chi connectivity index (χ0) is 64.0. The van der Waals surface area contributed by atoms with Crippen LogP contribution in [0.25, 0.3) is 33.1 Å². The topological polar surface area (TPSA) is 132 Å². The van der Waals surface area contributed by atoms with Crippen molar-refractivity contribution in [3.63, 3.8) is 0 Å². The summed E-state index contributed by atoms with van der Waals surface area (Å²) in [7, 11) is 4.40. The lowest BCUT2D eigenvalue weighted by Gasteiger charge is -2.34. The summed E-state index contributed by atoms with van der Waals surface area (Å²) in [4.78, 5) is 39.1. The molecule has 15 heteroatoms. The quantitative estimate of drug-likeness (QED) is 0.0853. The molecule has 0 atom stereocenters. The van der Waals surface area contributed by atoms with Crippen LogP contribution >= 0.6 is 0 Å². The van der Waals surface area contributed by atoms with Crippen molar-refractivity contribution in [2.45, 2.75) is 161 Å². The minimum atomic E-state index is 0.257. The monoisotopic (exact) mass is 1240 g/mol. The van der Waals surface area contributed by atoms with Crippen LogP contribution in [0.2, 0.25) is 0 Å². The molecule has 0 amide bonds. The fraction of sp³-hybridized carbons (Fsp3) is 0.474. The molecule has 5 fully saturated rings. The van der Waals surface area contributed by atoms with Gasteiger partial charge in [-0.05, 0) is 136 Å². The van der Waals surface area contributed by atoms with Gasteiger partial charge < -0.3 is 28.4 Å². The second kappa shape index (κ2) is 31.1. The van der Waals surface area contributed by atoms with Crippen molar-refractivity contribution in [3.05, 3.63) is 172 Å². The molecule has 0 N–H and O–H groups in total. The fourth-order valence-corrected chi connectivity index (χ4v) is 15.0. The van der Waals surface area contributed by atoms with Crippen LogP contribution in [-0.4, -0.2) is 143 Å². The smallest absolute Gasteiger partial charge is 0.234 e. The number of hydrogen-bond acceptors (Lipinski definition) is 12. The van der Waals surface area contributed by atoms with Gasteiger partial charge in [-0.1, -0.05) is 132 Å². The molecule has 0 unspecified atom stereocenters. The summed E-state index contributed by atoms with van der Waals surface area (Å²) in [5.74, 6) is 6.42. The second-order valence-corrected chi connectivity index (χ2v) is 26.9. The average molecular weight is 1240 g/mol. The van der Waals surface area contributed by atoms with Crippen LogP contribution in [0.15, 0.2) is 110 Å². The maximum atomic E-state index is 9.31. The number of aromatic nitrogens is 9. The summed E-state index contributed by atoms with van der Waals surface area (Å²) in [6, 6.07) is 37.7. The van der Waals surface area contributed by atoms with Crippen molar-refractivity contribution in [1.29, 1.82) is 5.26 Å². The van der Waals surface area contributed by atoms with Crippen molar-refractivity contribution < 1.29 is 0 Å². The summed E-state index contributed by atoms with van der Waals surface area (Å²) >= 11 is 0. The summed E-state index contributed by atoms with van der Waals surface area (Å²) in [5.41, 5.74) is 14.9. The summed E-state index contributed by atoms with van der Waals surface area (Å²) in [6.07, 6.45) is 38.4. The third-order valence-electron chi connectivity index (χ3n) is 20.5. The molecule has 9 aromatic rings. The van der Waals surface area contributed by atoms with Crippen LogP contribution in [0, 0.1) is 36.0 Å². The van der Waals surface area contributed by atoms with Gasteiger partial charge in [-0.25, -0.2) is 29.9 Å². The Morgan fingerprint density at radius 1 is 0.452 bits per heavy atom. The van der Waals surface area contributed by atoms with Crippen LogP contribution in [0.1, 0.15) is 191 Å². The number of anilines is 1. The molecule has 14 rings (SSSR count). The number of hydrogen-bond donors (Lipinski definition) is 0. The van der Waals surface area contributed by atoms with E-state index in [2.05, 4.69) is 195 Å². The molecule has 0 radical (unpaired) electrons. The third-order valence-corrected chi connectivity index (χ3v) is 20.5. The number of terminal acetylenes is 2. The van der Waals surface area contributed by atoms with E-state index >= 15 is 0 Å². The molecule has 482 valence electrons. The molecule has 0 spiro atoms. The molecule has 2 aliphatic heterocycles. The maximum Gasteiger partial charge on any atom is 0.234 e. The Labute approximate surface area is 552 Å². The maximum absolute atomic E-state index is 9.31. The predicted octanol–water partition coefficient (Wildman–Crippen LogP) is 13.8. The van der Waals surface area contributed by atoms with E-state index < -0.39 is 0 Å². The highest BCUT2D eigenvalue weighted by molar-refractivity contribution is 5.79. The fourth-order valence-electron chi connectivity index (χ4n) is 15.0. The lowest BCUT2D eigenvalue weighted by Crippen LogP contribution is -2.44. The van der Waals surface area contributed by atoms with Crippen molar-refractivity contribution >= 4 is 38.8 Å². The highest BCUT2D eigenvalue weighted by Gasteiger charge is 2.26. The number of rotatable bonds is 16. The molecular formula is C78H95N15. The van der Waals surface area contributed by atoms with Gasteiger partial charge in [0.15, 0.2) is 0 Å². The zero-order valence-electron chi connectivity index (χ0n) is 55.7. The Morgan fingerprint density at radius 3 is 1.19 bits per heavy atom. The highest BCUT2D eigenvalue weighted by Crippen LogP contribution is 2.37. The van der Waals surface area contributed by atoms with E-state index in [-0.39, 0.29) is 5.82 Å². The highest BCUT2D eigenvalue weighted by atomic mass is 15.3. The summed E-state index contributed by atoms with van der Waals surface area (Å²) in [5, 5.41) is 12.5. The Bertz CT molecular complexity index is 4020. The molecule has 3 saturated carbocycles. The van der Waals surface area contributed by atoms with Gasteiger partial charge >= 0.3 is 0 Å². The second-order valence-electron chi connectivity index (χ2n) is 26.9. The van der Waals surface area contributed by atoms with Gasteiger partial charge in [0, 0.05) is 160 Å². The molecular weight excluding hydrogens is 1150 g/mol. The van der Waals surface area contributed by atoms with Crippen molar-refractivity contribution in [3.8, 4) is 30.8 Å². The molecule has 2 saturated heterocycles. The van der Waals surface area contributed by atoms with Crippen LogP contribution in [0.3, 0.4) is 0 Å². The summed E-state index contributed by atoms with van der Waals surface area (Å²) in [6.45, 7) is 17.7. The molecule has 0 bridgehead atoms. The number of piperazine rings is 2. The third kappa shape index (κ3) is 16.1. The zero-order valence-corrected chi connectivity index (χ0v) is 55.7. The van der Waals surface area contributed by atoms with Gasteiger partial charge in [0.25, 0.3) is 0 Å². The standard InChI is InChI=1S/C26H32N6.C26H31N5.C26H32N4/c1-30-11-13-31(14-12-30)19-21-9-7-20(8-10-21)15-24-16-22-18-28-25(17-27)29-26(22)32(24)23-5-3-2-4-6-23;1-3-25-27-19-21-18-24(31(26(21)28-25)23-7-5-4-6-8-23)17-20-9-11-22(12-10-20)30-15-13-29(2)14-16-30;1-4-25-27-18-22-17-24(30(26(22)28-25)23-10-8-7-9-11-23)16-20-12-14-21(15-13-20)19-29(5-2)6-3/h7-10,16,18,23H,2-6,11-15,19H2,1H3;1,9-12,18-19,23H,4-8,13-17H2,2H3;1,12-15,17-18,23H,5-11,16,19H2,2-3H3. The minimum Gasteiger partial charge on any atom is -0.369 e. The van der Waals surface area contributed by atoms with Gasteiger partial charge in [-0.2, -0.15) is 5.26 Å². The first-order valence-electron chi connectivity index (χ1n) is 34.9. The van der Waals surface area contributed by atoms with E-state index in [0.717, 1.165) is 131 Å². The van der Waals surface area contributed by atoms with E-state index in [0.29, 0.717) is 29.8 Å². The van der Waals surface area contributed by atoms with Gasteiger partial charge in [0.05, 0.1) is 0 Å². The number of benzene rings is 3. The summed E-state index contributed by atoms with van der Waals surface area (Å²) < 4.78 is 7.33. The van der Waals surface area contributed by atoms with Crippen LogP contribution in [0.4, 0.5) is 5.69 Å². The number of fused-ring (bicyclic) bond motifs is 3. The van der Waals surface area contributed by atoms with Crippen LogP contribution in [-0.2, 0) is 32.4 Å². The molecule has 8 heterocycles. The van der Waals surface area contributed by atoms with Crippen molar-refractivity contribution in [1.82, 2.24) is 63.2 Å². The van der Waals surface area contributed by atoms with Crippen LogP contribution < -0.4 is 4.90 Å². The minimum absolute atomic E-state index is 0.257. The van der Waals surface area contributed by atoms with E-state index in [9.17, 15) is 5.26 Å². The number of nitrogens with zero attached hydrogens (tertiary/aromatic N) is 15. The first kappa shape index (κ1) is 64.9. The normalized spacial score (nSPS) is 17.4. The molecule has 5 aliphatic rings. The molecule has 15 nitrogen and oxygen atoms in total. The van der Waals surface area contributed by atoms with Crippen molar-refractivity contribution in [2.75, 3.05) is 84.4 Å². The van der Waals surface area contributed by atoms with Gasteiger partial charge in [0.2, 0.25) is 17.5 Å². The Kier molecular flexibility index (Phi) is 21.7. The lowest BCUT2D eigenvalue weighted by molar-refractivity contribution is 0.148.